The molecular formula is C115H116ClN15O15S4. The molecule has 772 valence electrons. The second-order valence-electron chi connectivity index (χ2n) is 34.4. The van der Waals surface area contributed by atoms with Gasteiger partial charge < -0.3 is 51.3 Å². The number of halogens is 1. The molecule has 0 bridgehead atoms. The zero-order chi connectivity index (χ0) is 108. The molecule has 0 atom stereocenters. The summed E-state index contributed by atoms with van der Waals surface area (Å²) in [7, 11) is -7.71. The van der Waals surface area contributed by atoms with Crippen LogP contribution in [0.15, 0.2) is 271 Å². The summed E-state index contributed by atoms with van der Waals surface area (Å²) in [5.74, 6) is 4.35. The Bertz CT molecular complexity index is 8580. The van der Waals surface area contributed by atoms with Crippen molar-refractivity contribution < 1.29 is 66.9 Å². The molecule has 0 radical (unpaired) electrons. The molecule has 0 saturated carbocycles. The fourth-order valence-corrected chi connectivity index (χ4v) is 20.6. The summed E-state index contributed by atoms with van der Waals surface area (Å²) in [6.07, 6.45) is 1.17. The molecular weight excluding hydrogens is 2000 g/mol. The molecule has 17 rings (SSSR count). The molecule has 0 aliphatic heterocycles. The minimum Gasteiger partial charge on any atom is -0.497 e. The Kier molecular flexibility index (Phi) is 36.6. The second-order valence-corrected chi connectivity index (χ2v) is 42.3. The number of alkyl halides is 1. The second kappa shape index (κ2) is 49.5. The number of nitrogens with zero attached hydrogens (tertiary/aromatic N) is 10. The monoisotopic (exact) mass is 2110 g/mol. The van der Waals surface area contributed by atoms with Gasteiger partial charge in [-0.3, -0.25) is 14.8 Å². The predicted molar refractivity (Wildman–Crippen MR) is 595 cm³/mol. The van der Waals surface area contributed by atoms with Crippen molar-refractivity contribution in [3.05, 3.63) is 289 Å². The van der Waals surface area contributed by atoms with Crippen LogP contribution in [0, 0.1) is 56.7 Å². The molecule has 0 spiro atoms. The van der Waals surface area contributed by atoms with Crippen LogP contribution in [0.2, 0.25) is 0 Å². The Morgan fingerprint density at radius 1 is 0.380 bits per heavy atom. The number of hydrogen-bond acceptors (Lipinski definition) is 20. The molecule has 17 aromatic rings. The molecule has 30 nitrogen and oxygen atoms in total. The van der Waals surface area contributed by atoms with Crippen LogP contribution < -0.4 is 48.3 Å². The van der Waals surface area contributed by atoms with Crippen molar-refractivity contribution >= 4 is 129 Å². The third kappa shape index (κ3) is 24.7. The standard InChI is InChI=1S/C25H23N3O3S.C24H21N3O3S.C23H24ClN3O3.C22H25N3O3S.C21H23N3O3S/c1-4-28-24-13-10-19(18-6-5-7-20(14-18)31-3)15-22(24)23(16-26)25(28)17-8-11-21(12-9-17)32(29,30)27-2;1-3-27-23-12-9-18(17-5-4-6-19(13-17)30-2)14-21(23)22(15-25)24(27)16-7-10-20(11-8-16)31(26,28)29;1-3-27-21-14-18(30-12-6-11-24)9-10-19(21)20(15-25)22(27)16-7-5-8-17(13-16)26-23(28)29-4-2;1-4-13-25-21-14-18(28-5-2)11-12-19(21)20(15-23)22(25)16-7-9-17(10-8-16)24-29(26,27)6-3;1-5-28(25,26)23-16-8-6-15(7-9-16)21-19(13-22)18-11-10-17(27-4)12-20(18)24(21)14(2)3/h5-15,27H,4H2,1-3H3;4-14H,3H2,1-2H3,(H2,26,28,29);5,7-10,13-14H,3-4,6,11-12H2,1-2H3,(H,26,28);7-12,14,24H,4-6,13H2,1-3H3;6-12,14,23H,5H2,1-4H3. The molecule has 6 N–H and O–H groups in total. The zero-order valence-corrected chi connectivity index (χ0v) is 89.6. The Balaban J connectivity index is 0.000000156. The molecule has 0 fully saturated rings. The molecule has 0 unspecified atom stereocenters. The van der Waals surface area contributed by atoms with Crippen molar-refractivity contribution in [3.63, 3.8) is 0 Å². The van der Waals surface area contributed by atoms with Gasteiger partial charge >= 0.3 is 6.09 Å². The lowest BCUT2D eigenvalue weighted by atomic mass is 10.0. The molecule has 35 heteroatoms. The van der Waals surface area contributed by atoms with E-state index in [2.05, 4.69) is 93.4 Å². The van der Waals surface area contributed by atoms with Gasteiger partial charge in [-0.25, -0.2) is 48.3 Å². The smallest absolute Gasteiger partial charge is 0.411 e. The van der Waals surface area contributed by atoms with Crippen LogP contribution in [-0.4, -0.2) is 128 Å². The Labute approximate surface area is 879 Å². The van der Waals surface area contributed by atoms with Crippen LogP contribution in [0.1, 0.15) is 116 Å². The van der Waals surface area contributed by atoms with Crippen LogP contribution in [0.5, 0.6) is 28.7 Å². The maximum Gasteiger partial charge on any atom is 0.411 e. The number of aryl methyl sites for hydroxylation is 4. The van der Waals surface area contributed by atoms with Gasteiger partial charge in [-0.05, 0) is 272 Å². The van der Waals surface area contributed by atoms with Gasteiger partial charge in [-0.15, -0.1) is 11.6 Å². The fourth-order valence-electron chi connectivity index (χ4n) is 18.0. The topological polar surface area (TPSA) is 427 Å². The van der Waals surface area contributed by atoms with E-state index in [1.807, 2.05) is 210 Å². The van der Waals surface area contributed by atoms with E-state index in [9.17, 15) is 64.8 Å². The predicted octanol–water partition coefficient (Wildman–Crippen LogP) is 24.4. The number of methoxy groups -OCH3 is 3. The fraction of sp³-hybridized carbons (Fsp3) is 0.235. The van der Waals surface area contributed by atoms with Crippen molar-refractivity contribution in [2.24, 2.45) is 5.14 Å². The lowest BCUT2D eigenvalue weighted by Crippen LogP contribution is -2.18. The summed E-state index contributed by atoms with van der Waals surface area (Å²) in [5.41, 5.74) is 21.3. The molecule has 0 saturated heterocycles. The number of ether oxygens (including phenoxy) is 6. The van der Waals surface area contributed by atoms with E-state index in [-0.39, 0.29) is 27.3 Å². The van der Waals surface area contributed by atoms with E-state index in [1.54, 1.807) is 109 Å². The normalized spacial score (nSPS) is 11.3. The quantitative estimate of drug-likeness (QED) is 0.0188. The number of anilines is 3. The number of amides is 1. The molecule has 0 aliphatic rings. The van der Waals surface area contributed by atoms with Gasteiger partial charge in [0, 0.05) is 117 Å². The lowest BCUT2D eigenvalue weighted by Gasteiger charge is -2.16. The first-order chi connectivity index (χ1) is 72.2. The van der Waals surface area contributed by atoms with Crippen LogP contribution in [-0.2, 0) is 71.0 Å². The van der Waals surface area contributed by atoms with Crippen LogP contribution in [0.3, 0.4) is 0 Å². The van der Waals surface area contributed by atoms with E-state index in [0.717, 1.165) is 181 Å². The third-order valence-corrected chi connectivity index (χ3v) is 30.2. The molecule has 0 aliphatic carbocycles. The Hall–Kier alpha value is -16.3. The highest BCUT2D eigenvalue weighted by molar-refractivity contribution is 7.93. The van der Waals surface area contributed by atoms with Gasteiger partial charge in [-0.2, -0.15) is 26.3 Å². The van der Waals surface area contributed by atoms with E-state index in [4.69, 9.17) is 45.2 Å². The van der Waals surface area contributed by atoms with E-state index in [0.29, 0.717) is 90.2 Å². The number of aromatic nitrogens is 5. The first-order valence-corrected chi connectivity index (χ1v) is 55.5. The van der Waals surface area contributed by atoms with E-state index < -0.39 is 46.2 Å². The van der Waals surface area contributed by atoms with Crippen molar-refractivity contribution in [1.29, 1.82) is 26.3 Å². The lowest BCUT2D eigenvalue weighted by molar-refractivity contribution is 0.168. The summed E-state index contributed by atoms with van der Waals surface area (Å²) in [6, 6.07) is 91.4. The maximum absolute atomic E-state index is 12.1. The SMILES string of the molecule is CCCn1c(-c2ccc(NS(=O)(=O)CC)cc2)c(C#N)c2ccc(OCC)cc21.CCOC(=O)Nc1cccc(-c2c(C#N)c3ccc(OCCCCl)cc3n2CC)c1.CCS(=O)(=O)Nc1ccc(-c2c(C#N)c3ccc(OC)cc3n2C(C)C)cc1.CCn1c(-c2ccc(S(=O)(=O)NC)cc2)c(C#N)c2cc(-c3cccc(OC)c3)ccc21.CCn1c(-c2ccc(S(N)(=O)=O)cc2)c(C#N)c2cc(-c3cccc(OC)c3)ccc21. The first kappa shape index (κ1) is 111. The number of benzene rings is 12. The van der Waals surface area contributed by atoms with Crippen LogP contribution in [0.4, 0.5) is 21.9 Å². The highest BCUT2D eigenvalue weighted by Gasteiger charge is 2.28. The average molecular weight is 2110 g/mol. The van der Waals surface area contributed by atoms with Gasteiger partial charge in [0.15, 0.2) is 0 Å². The minimum atomic E-state index is -3.78. The number of fused-ring (bicyclic) bond motifs is 5. The van der Waals surface area contributed by atoms with Crippen LogP contribution in [0.25, 0.3) is 133 Å². The molecule has 150 heavy (non-hydrogen) atoms. The number of nitriles is 5. The average Bonchev–Trinajstić information content (AvgIpc) is 1.57. The highest BCUT2D eigenvalue weighted by atomic mass is 35.5. The molecule has 1 amide bonds. The molecule has 12 aromatic carbocycles. The molecule has 5 aromatic heterocycles. The van der Waals surface area contributed by atoms with E-state index >= 15 is 0 Å². The Morgan fingerprint density at radius 2 is 0.753 bits per heavy atom. The van der Waals surface area contributed by atoms with Gasteiger partial charge in [0.1, 0.15) is 59.1 Å². The number of sulfonamides is 4. The summed E-state index contributed by atoms with van der Waals surface area (Å²) < 4.78 is 145. The number of rotatable bonds is 33. The summed E-state index contributed by atoms with van der Waals surface area (Å²) in [6.45, 7) is 23.3. The summed E-state index contributed by atoms with van der Waals surface area (Å²) >= 11 is 5.73. The minimum absolute atomic E-state index is 0.0107. The number of carbonyl (C=O) groups excluding carboxylic acids is 1. The van der Waals surface area contributed by atoms with Gasteiger partial charge in [0.25, 0.3) is 0 Å². The van der Waals surface area contributed by atoms with Crippen molar-refractivity contribution in [2.75, 3.05) is 80.3 Å². The number of primary sulfonamides is 1. The van der Waals surface area contributed by atoms with Gasteiger partial charge in [-0.1, -0.05) is 104 Å². The number of carbonyl (C=O) groups is 1. The van der Waals surface area contributed by atoms with Gasteiger partial charge in [0.05, 0.1) is 135 Å². The molecule has 5 heterocycles. The van der Waals surface area contributed by atoms with Crippen LogP contribution >= 0.6 is 11.6 Å². The zero-order valence-electron chi connectivity index (χ0n) is 85.6. The largest absolute Gasteiger partial charge is 0.497 e. The number of hydrogen-bond donors (Lipinski definition) is 5. The van der Waals surface area contributed by atoms with Crippen molar-refractivity contribution in [2.45, 2.75) is 124 Å². The number of nitrogens with two attached hydrogens (primary N) is 1. The Morgan fingerprint density at radius 3 is 1.17 bits per heavy atom. The highest BCUT2D eigenvalue weighted by Crippen LogP contribution is 2.45. The summed E-state index contributed by atoms with van der Waals surface area (Å²) in [5, 5.41) is 62.0. The van der Waals surface area contributed by atoms with Gasteiger partial charge in [0.2, 0.25) is 40.1 Å². The van der Waals surface area contributed by atoms with Crippen molar-refractivity contribution in [3.8, 4) is 138 Å². The first-order valence-electron chi connectivity index (χ1n) is 48.6. The maximum atomic E-state index is 12.1. The third-order valence-electron chi connectivity index (χ3n) is 25.0. The van der Waals surface area contributed by atoms with E-state index in [1.165, 1.54) is 19.2 Å². The summed E-state index contributed by atoms with van der Waals surface area (Å²) in [4.78, 5) is 12.0. The number of nitrogens with one attached hydrogen (secondary N) is 4. The van der Waals surface area contributed by atoms with Crippen molar-refractivity contribution in [1.82, 2.24) is 27.6 Å².